The lowest BCUT2D eigenvalue weighted by Gasteiger charge is -1.99. The van der Waals surface area contributed by atoms with Crippen LogP contribution in [0, 0.1) is 17.6 Å². The molecule has 4 nitrogen and oxygen atoms in total. The second-order valence-electron chi connectivity index (χ2n) is 2.62. The number of thioether (sulfide) groups is 1. The van der Waals surface area contributed by atoms with Crippen LogP contribution in [0.4, 0.5) is 0 Å². The Balaban J connectivity index is 3.00. The fourth-order valence-corrected chi connectivity index (χ4v) is 1.42. The summed E-state index contributed by atoms with van der Waals surface area (Å²) in [5, 5.41) is 13.9. The Labute approximate surface area is 86.2 Å². The Morgan fingerprint density at radius 2 is 2.64 bits per heavy atom. The van der Waals surface area contributed by atoms with Crippen LogP contribution < -0.4 is 0 Å². The summed E-state index contributed by atoms with van der Waals surface area (Å²) in [5.41, 5.74) is 1.20. The van der Waals surface area contributed by atoms with Gasteiger partial charge in [-0.15, -0.1) is 6.58 Å². The lowest BCUT2D eigenvalue weighted by atomic mass is 10.4. The highest BCUT2D eigenvalue weighted by molar-refractivity contribution is 8.18. The van der Waals surface area contributed by atoms with Gasteiger partial charge in [0.05, 0.1) is 12.2 Å². The monoisotopic (exact) mass is 207 g/mol. The second-order valence-corrected chi connectivity index (χ2v) is 3.38. The van der Waals surface area contributed by atoms with Crippen molar-refractivity contribution in [2.75, 3.05) is 0 Å². The van der Waals surface area contributed by atoms with E-state index in [1.165, 1.54) is 4.68 Å². The summed E-state index contributed by atoms with van der Waals surface area (Å²) >= 11 is 0.609. The zero-order chi connectivity index (χ0) is 10.6. The summed E-state index contributed by atoms with van der Waals surface area (Å²) in [6.45, 7) is 5.84. The van der Waals surface area contributed by atoms with Crippen molar-refractivity contribution in [3.8, 4) is 5.40 Å². The van der Waals surface area contributed by atoms with Crippen molar-refractivity contribution < 1.29 is 4.79 Å². The third-order valence-electron chi connectivity index (χ3n) is 1.55. The summed E-state index contributed by atoms with van der Waals surface area (Å²) in [6.07, 6.45) is 1.65. The van der Waals surface area contributed by atoms with Crippen LogP contribution in [-0.4, -0.2) is 14.9 Å². The number of hydrogen-bond acceptors (Lipinski definition) is 4. The van der Waals surface area contributed by atoms with Gasteiger partial charge in [0.1, 0.15) is 11.1 Å². The number of nitrogens with zero attached hydrogens (tertiary/aromatic N) is 3. The molecule has 0 spiro atoms. The van der Waals surface area contributed by atoms with Crippen LogP contribution in [0.25, 0.3) is 0 Å². The molecule has 0 aromatic carbocycles. The minimum atomic E-state index is -0.282. The minimum absolute atomic E-state index is 0.282. The Kier molecular flexibility index (Phi) is 3.48. The van der Waals surface area contributed by atoms with Gasteiger partial charge in [0, 0.05) is 11.8 Å². The first-order chi connectivity index (χ1) is 6.69. The lowest BCUT2D eigenvalue weighted by molar-refractivity contribution is 0.108. The third kappa shape index (κ3) is 2.24. The van der Waals surface area contributed by atoms with E-state index in [1.54, 1.807) is 24.5 Å². The molecular formula is C9H9N3OS. The van der Waals surface area contributed by atoms with Gasteiger partial charge in [-0.3, -0.25) is 9.48 Å². The SMILES string of the molecule is C=CCn1nc(C)cc1C(=O)SC#N. The lowest BCUT2D eigenvalue weighted by Crippen LogP contribution is -2.06. The Morgan fingerprint density at radius 3 is 3.21 bits per heavy atom. The van der Waals surface area contributed by atoms with Crippen molar-refractivity contribution in [3.63, 3.8) is 0 Å². The molecule has 0 atom stereocenters. The zero-order valence-corrected chi connectivity index (χ0v) is 8.54. The summed E-state index contributed by atoms with van der Waals surface area (Å²) < 4.78 is 1.54. The highest BCUT2D eigenvalue weighted by atomic mass is 32.2. The molecule has 0 aliphatic rings. The molecule has 1 rings (SSSR count). The predicted octanol–water partition coefficient (Wildman–Crippen LogP) is 1.73. The van der Waals surface area contributed by atoms with Crippen LogP contribution in [-0.2, 0) is 6.54 Å². The van der Waals surface area contributed by atoms with Gasteiger partial charge in [-0.2, -0.15) is 10.4 Å². The van der Waals surface area contributed by atoms with E-state index < -0.39 is 0 Å². The molecule has 0 fully saturated rings. The number of nitriles is 1. The van der Waals surface area contributed by atoms with Crippen LogP contribution >= 0.6 is 11.8 Å². The third-order valence-corrected chi connectivity index (χ3v) is 2.04. The predicted molar refractivity (Wildman–Crippen MR) is 54.7 cm³/mol. The highest BCUT2D eigenvalue weighted by Gasteiger charge is 2.13. The minimum Gasteiger partial charge on any atom is -0.279 e. The Hall–Kier alpha value is -1.54. The maximum atomic E-state index is 11.4. The van der Waals surface area contributed by atoms with Crippen molar-refractivity contribution in [1.82, 2.24) is 9.78 Å². The Bertz CT molecular complexity index is 403. The van der Waals surface area contributed by atoms with E-state index in [4.69, 9.17) is 5.26 Å². The number of aryl methyl sites for hydroxylation is 1. The van der Waals surface area contributed by atoms with E-state index in [2.05, 4.69) is 11.7 Å². The maximum absolute atomic E-state index is 11.4. The topological polar surface area (TPSA) is 58.7 Å². The van der Waals surface area contributed by atoms with Crippen molar-refractivity contribution in [1.29, 1.82) is 5.26 Å². The van der Waals surface area contributed by atoms with E-state index in [-0.39, 0.29) is 5.12 Å². The quantitative estimate of drug-likeness (QED) is 0.559. The molecule has 0 aliphatic heterocycles. The largest absolute Gasteiger partial charge is 0.279 e. The van der Waals surface area contributed by atoms with Gasteiger partial charge in [0.15, 0.2) is 0 Å². The van der Waals surface area contributed by atoms with Gasteiger partial charge in [0.25, 0.3) is 5.12 Å². The maximum Gasteiger partial charge on any atom is 0.251 e. The van der Waals surface area contributed by atoms with Crippen molar-refractivity contribution >= 4 is 16.9 Å². The molecule has 72 valence electrons. The average molecular weight is 207 g/mol. The molecule has 0 N–H and O–H groups in total. The fourth-order valence-electron chi connectivity index (χ4n) is 1.07. The molecule has 1 aromatic rings. The highest BCUT2D eigenvalue weighted by Crippen LogP contribution is 2.12. The second kappa shape index (κ2) is 4.63. The average Bonchev–Trinajstić information content (AvgIpc) is 2.48. The number of aromatic nitrogens is 2. The van der Waals surface area contributed by atoms with Crippen molar-refractivity contribution in [2.24, 2.45) is 0 Å². The van der Waals surface area contributed by atoms with Crippen LogP contribution in [0.1, 0.15) is 16.2 Å². The molecule has 0 saturated carbocycles. The summed E-state index contributed by atoms with van der Waals surface area (Å²) in [7, 11) is 0. The van der Waals surface area contributed by atoms with E-state index in [1.807, 2.05) is 0 Å². The molecule has 0 bridgehead atoms. The van der Waals surface area contributed by atoms with Gasteiger partial charge in [-0.05, 0) is 13.0 Å². The molecule has 5 heteroatoms. The van der Waals surface area contributed by atoms with E-state index in [0.29, 0.717) is 24.0 Å². The fraction of sp³-hybridized carbons (Fsp3) is 0.222. The molecule has 0 radical (unpaired) electrons. The van der Waals surface area contributed by atoms with Gasteiger partial charge in [-0.1, -0.05) is 6.08 Å². The summed E-state index contributed by atoms with van der Waals surface area (Å²) in [4.78, 5) is 11.4. The van der Waals surface area contributed by atoms with E-state index in [9.17, 15) is 4.79 Å². The first-order valence-electron chi connectivity index (χ1n) is 3.94. The van der Waals surface area contributed by atoms with Crippen LogP contribution in [0.2, 0.25) is 0 Å². The van der Waals surface area contributed by atoms with Crippen molar-refractivity contribution in [3.05, 3.63) is 30.1 Å². The van der Waals surface area contributed by atoms with Gasteiger partial charge in [0.2, 0.25) is 0 Å². The molecule has 0 aliphatic carbocycles. The molecule has 0 amide bonds. The van der Waals surface area contributed by atoms with Gasteiger partial charge in [-0.25, -0.2) is 0 Å². The molecule has 0 saturated heterocycles. The number of carbonyl (C=O) groups is 1. The molecule has 1 aromatic heterocycles. The van der Waals surface area contributed by atoms with Gasteiger partial charge >= 0.3 is 0 Å². The number of thiocyanates is 1. The van der Waals surface area contributed by atoms with Crippen molar-refractivity contribution in [2.45, 2.75) is 13.5 Å². The molecule has 0 unspecified atom stereocenters. The molecule has 14 heavy (non-hydrogen) atoms. The summed E-state index contributed by atoms with van der Waals surface area (Å²) in [5.74, 6) is 0. The number of rotatable bonds is 3. The Morgan fingerprint density at radius 1 is 1.93 bits per heavy atom. The van der Waals surface area contributed by atoms with E-state index >= 15 is 0 Å². The molecule has 1 heterocycles. The van der Waals surface area contributed by atoms with Crippen LogP contribution in [0.15, 0.2) is 18.7 Å². The first-order valence-corrected chi connectivity index (χ1v) is 4.76. The summed E-state index contributed by atoms with van der Waals surface area (Å²) in [6, 6.07) is 1.66. The molecular weight excluding hydrogens is 198 g/mol. The van der Waals surface area contributed by atoms with E-state index in [0.717, 1.165) is 5.69 Å². The first kappa shape index (κ1) is 10.5. The normalized spacial score (nSPS) is 9.43. The van der Waals surface area contributed by atoms with Crippen LogP contribution in [0.3, 0.4) is 0 Å². The van der Waals surface area contributed by atoms with Crippen LogP contribution in [0.5, 0.6) is 0 Å². The zero-order valence-electron chi connectivity index (χ0n) is 7.73. The number of carbonyl (C=O) groups excluding carboxylic acids is 1. The number of allylic oxidation sites excluding steroid dienone is 1. The number of hydrogen-bond donors (Lipinski definition) is 0. The smallest absolute Gasteiger partial charge is 0.251 e. The van der Waals surface area contributed by atoms with Gasteiger partial charge < -0.3 is 0 Å². The standard InChI is InChI=1S/C9H9N3OS/c1-3-4-12-8(5-7(2)11-12)9(13)14-6-10/h3,5H,1,4H2,2H3.